The van der Waals surface area contributed by atoms with Crippen molar-refractivity contribution in [2.45, 2.75) is 33.1 Å². The summed E-state index contributed by atoms with van der Waals surface area (Å²) in [5.41, 5.74) is 2.76. The van der Waals surface area contributed by atoms with E-state index in [-0.39, 0.29) is 0 Å². The van der Waals surface area contributed by atoms with Gasteiger partial charge in [0.15, 0.2) is 10.6 Å². The van der Waals surface area contributed by atoms with Crippen molar-refractivity contribution >= 4 is 12.2 Å². The fraction of sp³-hybridized carbons (Fsp3) is 0.300. The van der Waals surface area contributed by atoms with Crippen LogP contribution >= 0.6 is 12.2 Å². The minimum Gasteiger partial charge on any atom is -0.303 e. The van der Waals surface area contributed by atoms with Gasteiger partial charge in [-0.15, -0.1) is 0 Å². The van der Waals surface area contributed by atoms with E-state index in [2.05, 4.69) is 29.8 Å². The summed E-state index contributed by atoms with van der Waals surface area (Å²) in [5, 5.41) is 13.7. The van der Waals surface area contributed by atoms with Crippen molar-refractivity contribution in [2.75, 3.05) is 0 Å². The van der Waals surface area contributed by atoms with Gasteiger partial charge in [-0.3, -0.25) is 9.88 Å². The molecule has 0 aliphatic heterocycles. The van der Waals surface area contributed by atoms with Crippen LogP contribution in [0.1, 0.15) is 25.0 Å². The maximum Gasteiger partial charge on any atom is 0.199 e. The van der Waals surface area contributed by atoms with Crippen LogP contribution in [0.25, 0.3) is 11.4 Å². The van der Waals surface area contributed by atoms with Crippen LogP contribution in [-0.4, -0.2) is 30.3 Å². The van der Waals surface area contributed by atoms with Gasteiger partial charge in [-0.05, 0) is 55.9 Å². The Morgan fingerprint density at radius 3 is 2.56 bits per heavy atom. The lowest BCUT2D eigenvalue weighted by atomic mass is 10.1. The van der Waals surface area contributed by atoms with Gasteiger partial charge in [0.1, 0.15) is 0 Å². The van der Waals surface area contributed by atoms with E-state index in [9.17, 15) is 0 Å². The van der Waals surface area contributed by atoms with Crippen molar-refractivity contribution in [3.63, 3.8) is 0 Å². The smallest absolute Gasteiger partial charge is 0.199 e. The fourth-order valence-electron chi connectivity index (χ4n) is 2.81. The third kappa shape index (κ3) is 4.30. The SMILES string of the molecule is CC(C)N(Cc1ccc(C#N)cc1)Cn1nc(-c2cccnc2)n(C)c1=S. The van der Waals surface area contributed by atoms with Crippen LogP contribution in [0.3, 0.4) is 0 Å². The van der Waals surface area contributed by atoms with Gasteiger partial charge in [0.25, 0.3) is 0 Å². The summed E-state index contributed by atoms with van der Waals surface area (Å²) in [6, 6.07) is 14.0. The van der Waals surface area contributed by atoms with E-state index in [1.54, 1.807) is 12.4 Å². The Morgan fingerprint density at radius 1 is 1.22 bits per heavy atom. The predicted octanol–water partition coefficient (Wildman–Crippen LogP) is 3.75. The zero-order chi connectivity index (χ0) is 19.4. The molecule has 0 aliphatic carbocycles. The zero-order valence-corrected chi connectivity index (χ0v) is 16.5. The molecule has 2 heterocycles. The van der Waals surface area contributed by atoms with Crippen LogP contribution < -0.4 is 0 Å². The molecule has 0 unspecified atom stereocenters. The Morgan fingerprint density at radius 2 is 1.96 bits per heavy atom. The lowest BCUT2D eigenvalue weighted by Crippen LogP contribution is -2.33. The molecule has 7 heteroatoms. The first-order valence-corrected chi connectivity index (χ1v) is 9.17. The molecule has 0 aliphatic rings. The molecular weight excluding hydrogens is 356 g/mol. The van der Waals surface area contributed by atoms with Crippen molar-refractivity contribution in [3.8, 4) is 17.5 Å². The topological polar surface area (TPSA) is 62.7 Å². The molecular formula is C20H22N6S. The number of pyridine rings is 1. The van der Waals surface area contributed by atoms with Crippen molar-refractivity contribution < 1.29 is 0 Å². The number of nitrogens with zero attached hydrogens (tertiary/aromatic N) is 6. The summed E-state index contributed by atoms with van der Waals surface area (Å²) in [7, 11) is 1.93. The third-order valence-corrected chi connectivity index (χ3v) is 4.96. The third-order valence-electron chi connectivity index (χ3n) is 4.48. The molecule has 0 bridgehead atoms. The summed E-state index contributed by atoms with van der Waals surface area (Å²) in [6.07, 6.45) is 3.53. The van der Waals surface area contributed by atoms with E-state index < -0.39 is 0 Å². The van der Waals surface area contributed by atoms with Crippen LogP contribution in [0, 0.1) is 16.1 Å². The largest absolute Gasteiger partial charge is 0.303 e. The maximum absolute atomic E-state index is 8.96. The number of nitriles is 1. The Labute approximate surface area is 164 Å². The normalized spacial score (nSPS) is 11.1. The first-order chi connectivity index (χ1) is 13.0. The molecule has 0 radical (unpaired) electrons. The standard InChI is InChI=1S/C20H22N6S/c1-15(2)25(13-17-8-6-16(11-21)7-9-17)14-26-20(27)24(3)19(23-26)18-5-4-10-22-12-18/h4-10,12,15H,13-14H2,1-3H3. The molecule has 0 spiro atoms. The van der Waals surface area contributed by atoms with E-state index in [0.29, 0.717) is 23.0 Å². The Bertz CT molecular complexity index is 996. The zero-order valence-electron chi connectivity index (χ0n) is 15.7. The molecule has 6 nitrogen and oxygen atoms in total. The van der Waals surface area contributed by atoms with Crippen LogP contribution in [0.5, 0.6) is 0 Å². The maximum atomic E-state index is 8.96. The Hall–Kier alpha value is -2.82. The molecule has 0 atom stereocenters. The number of aromatic nitrogens is 4. The van der Waals surface area contributed by atoms with Gasteiger partial charge < -0.3 is 4.57 Å². The molecule has 3 rings (SSSR count). The second-order valence-electron chi connectivity index (χ2n) is 6.70. The molecule has 0 N–H and O–H groups in total. The average molecular weight is 379 g/mol. The van der Waals surface area contributed by atoms with Crippen molar-refractivity contribution in [1.82, 2.24) is 24.2 Å². The molecule has 2 aromatic heterocycles. The van der Waals surface area contributed by atoms with E-state index in [1.807, 2.05) is 52.7 Å². The molecule has 0 fully saturated rings. The molecule has 1 aromatic carbocycles. The summed E-state index contributed by atoms with van der Waals surface area (Å²) in [4.78, 5) is 6.46. The van der Waals surface area contributed by atoms with Gasteiger partial charge in [0.2, 0.25) is 0 Å². The number of hydrogen-bond acceptors (Lipinski definition) is 5. The van der Waals surface area contributed by atoms with Gasteiger partial charge in [0.05, 0.1) is 18.3 Å². The molecule has 0 amide bonds. The fourth-order valence-corrected chi connectivity index (χ4v) is 3.00. The molecule has 138 valence electrons. The van der Waals surface area contributed by atoms with Gasteiger partial charge in [0, 0.05) is 37.6 Å². The van der Waals surface area contributed by atoms with Crippen LogP contribution in [0.15, 0.2) is 48.8 Å². The Kier molecular flexibility index (Phi) is 5.79. The van der Waals surface area contributed by atoms with E-state index in [0.717, 1.165) is 23.5 Å². The number of hydrogen-bond donors (Lipinski definition) is 0. The summed E-state index contributed by atoms with van der Waals surface area (Å²) < 4.78 is 4.42. The first kappa shape index (κ1) is 19.0. The second-order valence-corrected chi connectivity index (χ2v) is 7.06. The summed E-state index contributed by atoms with van der Waals surface area (Å²) in [5.74, 6) is 0.801. The van der Waals surface area contributed by atoms with Gasteiger partial charge in [-0.25, -0.2) is 4.68 Å². The summed E-state index contributed by atoms with van der Waals surface area (Å²) in [6.45, 7) is 5.64. The lowest BCUT2D eigenvalue weighted by Gasteiger charge is -2.26. The highest BCUT2D eigenvalue weighted by molar-refractivity contribution is 7.71. The molecule has 0 saturated carbocycles. The number of rotatable bonds is 6. The second kappa shape index (κ2) is 8.25. The molecule has 3 aromatic rings. The van der Waals surface area contributed by atoms with Crippen LogP contribution in [-0.2, 0) is 20.3 Å². The van der Waals surface area contributed by atoms with E-state index in [1.165, 1.54) is 0 Å². The number of benzene rings is 1. The van der Waals surface area contributed by atoms with Crippen LogP contribution in [0.2, 0.25) is 0 Å². The van der Waals surface area contributed by atoms with Crippen molar-refractivity contribution in [2.24, 2.45) is 7.05 Å². The molecule has 0 saturated heterocycles. The van der Waals surface area contributed by atoms with E-state index >= 15 is 0 Å². The van der Waals surface area contributed by atoms with Gasteiger partial charge in [-0.1, -0.05) is 12.1 Å². The lowest BCUT2D eigenvalue weighted by molar-refractivity contribution is 0.153. The quantitative estimate of drug-likeness (QED) is 0.611. The van der Waals surface area contributed by atoms with Gasteiger partial charge in [-0.2, -0.15) is 10.4 Å². The molecule has 27 heavy (non-hydrogen) atoms. The average Bonchev–Trinajstić information content (AvgIpc) is 2.97. The summed E-state index contributed by atoms with van der Waals surface area (Å²) >= 11 is 5.60. The minimum absolute atomic E-state index is 0.311. The first-order valence-electron chi connectivity index (χ1n) is 8.77. The van der Waals surface area contributed by atoms with Crippen molar-refractivity contribution in [1.29, 1.82) is 5.26 Å². The Balaban J connectivity index is 1.84. The van der Waals surface area contributed by atoms with Crippen LogP contribution in [0.4, 0.5) is 0 Å². The highest BCUT2D eigenvalue weighted by Gasteiger charge is 2.15. The highest BCUT2D eigenvalue weighted by Crippen LogP contribution is 2.17. The highest BCUT2D eigenvalue weighted by atomic mass is 32.1. The van der Waals surface area contributed by atoms with Crippen molar-refractivity contribution in [3.05, 3.63) is 64.7 Å². The van der Waals surface area contributed by atoms with E-state index in [4.69, 9.17) is 22.6 Å². The predicted molar refractivity (Wildman–Crippen MR) is 107 cm³/mol. The van der Waals surface area contributed by atoms with Gasteiger partial charge >= 0.3 is 0 Å². The monoisotopic (exact) mass is 378 g/mol. The minimum atomic E-state index is 0.311.